The van der Waals surface area contributed by atoms with Gasteiger partial charge in [-0.15, -0.1) is 0 Å². The number of carbonyl (C=O) groups is 2. The molecule has 3 aromatic carbocycles. The fourth-order valence-electron chi connectivity index (χ4n) is 5.41. The third kappa shape index (κ3) is 3.52. The maximum atomic E-state index is 13.7. The van der Waals surface area contributed by atoms with E-state index < -0.39 is 11.8 Å². The molecule has 36 heavy (non-hydrogen) atoms. The molecule has 2 aliphatic heterocycles. The average Bonchev–Trinajstić information content (AvgIpc) is 3.40. The van der Waals surface area contributed by atoms with Crippen LogP contribution >= 0.6 is 0 Å². The third-order valence-corrected chi connectivity index (χ3v) is 7.11. The molecule has 1 fully saturated rings. The molecule has 2 aliphatic rings. The van der Waals surface area contributed by atoms with Crippen LogP contribution in [0.15, 0.2) is 66.7 Å². The van der Waals surface area contributed by atoms with Gasteiger partial charge in [-0.1, -0.05) is 36.4 Å². The van der Waals surface area contributed by atoms with Crippen molar-refractivity contribution in [3.05, 3.63) is 89.0 Å². The molecule has 0 aliphatic carbocycles. The predicted molar refractivity (Wildman–Crippen MR) is 135 cm³/mol. The number of aliphatic hydroxyl groups is 1. The van der Waals surface area contributed by atoms with Gasteiger partial charge in [-0.3, -0.25) is 15.0 Å². The van der Waals surface area contributed by atoms with E-state index in [1.54, 1.807) is 42.5 Å². The second-order valence-electron chi connectivity index (χ2n) is 9.23. The second-order valence-corrected chi connectivity index (χ2v) is 9.23. The van der Waals surface area contributed by atoms with Crippen LogP contribution in [-0.2, 0) is 5.72 Å². The standard InChI is InChI=1S/C27H25N5O4/c33-24-20-6-1-2-7-21(20)27(36,18-8-9-22-23(15-18)30-25(29-22)31-26(34)35)32(24)19-5-3-4-17(14-19)16-10-12-28-13-11-16/h1-9,14-16,28,36H,10-13H2,(H,34,35)(H2,29,30,31). The smallest absolute Gasteiger partial charge is 0.411 e. The van der Waals surface area contributed by atoms with Gasteiger partial charge in [0.15, 0.2) is 5.72 Å². The Bertz CT molecular complexity index is 1490. The summed E-state index contributed by atoms with van der Waals surface area (Å²) < 4.78 is 0. The van der Waals surface area contributed by atoms with Crippen molar-refractivity contribution in [1.82, 2.24) is 15.3 Å². The quantitative estimate of drug-likeness (QED) is 0.299. The van der Waals surface area contributed by atoms with Crippen LogP contribution in [0, 0.1) is 0 Å². The number of nitrogens with zero attached hydrogens (tertiary/aromatic N) is 2. The molecule has 1 saturated heterocycles. The van der Waals surface area contributed by atoms with Crippen LogP contribution < -0.4 is 15.5 Å². The number of amides is 2. The number of benzene rings is 3. The molecule has 0 spiro atoms. The van der Waals surface area contributed by atoms with E-state index in [1.165, 1.54) is 4.90 Å². The highest BCUT2D eigenvalue weighted by molar-refractivity contribution is 6.12. The van der Waals surface area contributed by atoms with E-state index in [2.05, 4.69) is 26.7 Å². The molecular weight excluding hydrogens is 458 g/mol. The number of imidazole rings is 1. The Morgan fingerprint density at radius 3 is 2.67 bits per heavy atom. The van der Waals surface area contributed by atoms with Crippen LogP contribution in [0.4, 0.5) is 16.4 Å². The second kappa shape index (κ2) is 8.47. The number of carboxylic acid groups (broad SMARTS) is 1. The molecule has 182 valence electrons. The van der Waals surface area contributed by atoms with E-state index in [0.29, 0.717) is 39.3 Å². The number of aromatic amines is 1. The zero-order valence-corrected chi connectivity index (χ0v) is 19.4. The number of anilines is 2. The van der Waals surface area contributed by atoms with Gasteiger partial charge in [-0.25, -0.2) is 9.78 Å². The normalized spacial score (nSPS) is 20.0. The van der Waals surface area contributed by atoms with E-state index in [0.717, 1.165) is 31.5 Å². The number of carbonyl (C=O) groups excluding carboxylic acids is 1. The topological polar surface area (TPSA) is 131 Å². The fraction of sp³-hybridized carbons (Fsp3) is 0.222. The van der Waals surface area contributed by atoms with Crippen molar-refractivity contribution in [2.24, 2.45) is 0 Å². The maximum Gasteiger partial charge on any atom is 0.411 e. The number of nitrogens with one attached hydrogen (secondary N) is 3. The summed E-state index contributed by atoms with van der Waals surface area (Å²) in [6.07, 6.45) is 0.805. The molecule has 9 nitrogen and oxygen atoms in total. The largest absolute Gasteiger partial charge is 0.465 e. The lowest BCUT2D eigenvalue weighted by Gasteiger charge is -2.35. The lowest BCUT2D eigenvalue weighted by atomic mass is 9.89. The Balaban J connectivity index is 1.48. The van der Waals surface area contributed by atoms with Crippen LogP contribution in [0.5, 0.6) is 0 Å². The van der Waals surface area contributed by atoms with Crippen molar-refractivity contribution >= 4 is 34.7 Å². The Hall–Kier alpha value is -4.21. The molecular formula is C27H25N5O4. The monoisotopic (exact) mass is 483 g/mol. The Labute approximate surface area is 206 Å². The molecule has 1 aromatic heterocycles. The average molecular weight is 484 g/mol. The zero-order valence-electron chi connectivity index (χ0n) is 19.4. The van der Waals surface area contributed by atoms with Crippen molar-refractivity contribution < 1.29 is 19.8 Å². The molecule has 1 atom stereocenters. The summed E-state index contributed by atoms with van der Waals surface area (Å²) in [6, 6.07) is 20.1. The van der Waals surface area contributed by atoms with Crippen molar-refractivity contribution in [2.75, 3.05) is 23.3 Å². The van der Waals surface area contributed by atoms with Gasteiger partial charge >= 0.3 is 6.09 Å². The van der Waals surface area contributed by atoms with Crippen LogP contribution in [0.3, 0.4) is 0 Å². The molecule has 0 bridgehead atoms. The van der Waals surface area contributed by atoms with Crippen LogP contribution in [0.2, 0.25) is 0 Å². The molecule has 0 radical (unpaired) electrons. The van der Waals surface area contributed by atoms with E-state index in [9.17, 15) is 14.7 Å². The van der Waals surface area contributed by atoms with Crippen LogP contribution in [0.1, 0.15) is 45.8 Å². The van der Waals surface area contributed by atoms with Crippen LogP contribution in [-0.4, -0.2) is 45.3 Å². The molecule has 0 saturated carbocycles. The summed E-state index contributed by atoms with van der Waals surface area (Å²) in [5.41, 5.74) is 2.45. The maximum absolute atomic E-state index is 13.7. The van der Waals surface area contributed by atoms with Gasteiger partial charge in [-0.05, 0) is 67.7 Å². The van der Waals surface area contributed by atoms with Gasteiger partial charge in [0.05, 0.1) is 11.0 Å². The highest BCUT2D eigenvalue weighted by atomic mass is 16.4. The van der Waals surface area contributed by atoms with E-state index >= 15 is 0 Å². The van der Waals surface area contributed by atoms with Gasteiger partial charge in [0.25, 0.3) is 5.91 Å². The van der Waals surface area contributed by atoms with E-state index in [-0.39, 0.29) is 11.9 Å². The highest BCUT2D eigenvalue weighted by Crippen LogP contribution is 2.46. The molecule has 9 heteroatoms. The molecule has 3 heterocycles. The lowest BCUT2D eigenvalue weighted by molar-refractivity contribution is 0.0704. The summed E-state index contributed by atoms with van der Waals surface area (Å²) in [7, 11) is 0. The number of fused-ring (bicyclic) bond motifs is 2. The molecule has 2 amide bonds. The summed E-state index contributed by atoms with van der Waals surface area (Å²) in [5.74, 6) is 0.186. The van der Waals surface area contributed by atoms with E-state index in [1.807, 2.05) is 18.2 Å². The van der Waals surface area contributed by atoms with Gasteiger partial charge in [0.1, 0.15) is 0 Å². The van der Waals surface area contributed by atoms with Gasteiger partial charge in [0.2, 0.25) is 5.95 Å². The van der Waals surface area contributed by atoms with Crippen LogP contribution in [0.25, 0.3) is 11.0 Å². The SMILES string of the molecule is O=C(O)Nc1nc2ccc(C3(O)c4ccccc4C(=O)N3c3cccc(C4CCNCC4)c3)cc2[nH]1. The number of H-pyrrole nitrogens is 1. The Morgan fingerprint density at radius 2 is 1.86 bits per heavy atom. The van der Waals surface area contributed by atoms with Crippen molar-refractivity contribution in [1.29, 1.82) is 0 Å². The predicted octanol–water partition coefficient (Wildman–Crippen LogP) is 3.97. The van der Waals surface area contributed by atoms with E-state index in [4.69, 9.17) is 5.11 Å². The summed E-state index contributed by atoms with van der Waals surface area (Å²) in [5, 5.41) is 27.0. The first-order chi connectivity index (χ1) is 17.4. The molecule has 1 unspecified atom stereocenters. The first-order valence-electron chi connectivity index (χ1n) is 11.9. The molecule has 4 aromatic rings. The molecule has 6 rings (SSSR count). The molecule has 5 N–H and O–H groups in total. The zero-order chi connectivity index (χ0) is 24.9. The number of piperidine rings is 1. The highest BCUT2D eigenvalue weighted by Gasteiger charge is 2.50. The first kappa shape index (κ1) is 22.3. The number of hydrogen-bond donors (Lipinski definition) is 5. The minimum Gasteiger partial charge on any atom is -0.465 e. The first-order valence-corrected chi connectivity index (χ1v) is 11.9. The Morgan fingerprint density at radius 1 is 1.06 bits per heavy atom. The number of hydrogen-bond acceptors (Lipinski definition) is 5. The fourth-order valence-corrected chi connectivity index (χ4v) is 5.41. The Kier molecular flexibility index (Phi) is 5.24. The number of rotatable bonds is 4. The lowest BCUT2D eigenvalue weighted by Crippen LogP contribution is -2.45. The third-order valence-electron chi connectivity index (χ3n) is 7.11. The summed E-state index contributed by atoms with van der Waals surface area (Å²) in [4.78, 5) is 33.4. The van der Waals surface area contributed by atoms with Gasteiger partial charge in [0, 0.05) is 22.4 Å². The summed E-state index contributed by atoms with van der Waals surface area (Å²) in [6.45, 7) is 1.91. The van der Waals surface area contributed by atoms with Gasteiger partial charge < -0.3 is 20.5 Å². The van der Waals surface area contributed by atoms with Crippen molar-refractivity contribution in [3.8, 4) is 0 Å². The van der Waals surface area contributed by atoms with Crippen molar-refractivity contribution in [2.45, 2.75) is 24.5 Å². The van der Waals surface area contributed by atoms with Crippen molar-refractivity contribution in [3.63, 3.8) is 0 Å². The number of aromatic nitrogens is 2. The minimum atomic E-state index is -1.76. The minimum absolute atomic E-state index is 0.0797. The van der Waals surface area contributed by atoms with Gasteiger partial charge in [-0.2, -0.15) is 0 Å². The summed E-state index contributed by atoms with van der Waals surface area (Å²) >= 11 is 0.